The minimum Gasteiger partial charge on any atom is -0.459 e. The van der Waals surface area contributed by atoms with Crippen LogP contribution >= 0.6 is 0 Å². The van der Waals surface area contributed by atoms with E-state index in [0.717, 1.165) is 36.1 Å². The van der Waals surface area contributed by atoms with Crippen LogP contribution < -0.4 is 5.32 Å². The summed E-state index contributed by atoms with van der Waals surface area (Å²) in [4.78, 5) is 14.2. The summed E-state index contributed by atoms with van der Waals surface area (Å²) in [7, 11) is 1.85. The van der Waals surface area contributed by atoms with E-state index < -0.39 is 0 Å². The van der Waals surface area contributed by atoms with E-state index in [1.54, 1.807) is 4.90 Å². The monoisotopic (exact) mass is 272 g/mol. The van der Waals surface area contributed by atoms with Crippen LogP contribution in [-0.2, 0) is 4.79 Å². The van der Waals surface area contributed by atoms with E-state index in [4.69, 9.17) is 4.42 Å². The highest BCUT2D eigenvalue weighted by molar-refractivity contribution is 5.83. The zero-order chi connectivity index (χ0) is 14.1. The molecular weight excluding hydrogens is 252 g/mol. The molecule has 1 unspecified atom stereocenters. The van der Waals surface area contributed by atoms with Crippen molar-refractivity contribution in [3.63, 3.8) is 0 Å². The predicted octanol–water partition coefficient (Wildman–Crippen LogP) is 2.70. The van der Waals surface area contributed by atoms with Gasteiger partial charge in [-0.1, -0.05) is 18.2 Å². The van der Waals surface area contributed by atoms with Crippen molar-refractivity contribution < 1.29 is 9.21 Å². The molecular formula is C16H20N2O2. The van der Waals surface area contributed by atoms with E-state index in [2.05, 4.69) is 5.32 Å². The highest BCUT2D eigenvalue weighted by Crippen LogP contribution is 2.27. The number of hydrogen-bond acceptors (Lipinski definition) is 3. The van der Waals surface area contributed by atoms with Crippen molar-refractivity contribution in [1.29, 1.82) is 0 Å². The number of nitrogens with zero attached hydrogens (tertiary/aromatic N) is 1. The van der Waals surface area contributed by atoms with Crippen LogP contribution in [0.5, 0.6) is 0 Å². The van der Waals surface area contributed by atoms with E-state index in [9.17, 15) is 4.79 Å². The Morgan fingerprint density at radius 1 is 1.45 bits per heavy atom. The number of furan rings is 1. The zero-order valence-electron chi connectivity index (χ0n) is 11.9. The number of amides is 1. The Bertz CT molecular complexity index is 581. The molecule has 1 aliphatic heterocycles. The van der Waals surface area contributed by atoms with Crippen LogP contribution in [0.1, 0.15) is 31.6 Å². The molecule has 1 aromatic carbocycles. The van der Waals surface area contributed by atoms with Crippen LogP contribution in [0.25, 0.3) is 11.0 Å². The molecule has 2 heterocycles. The van der Waals surface area contributed by atoms with Gasteiger partial charge in [-0.3, -0.25) is 4.79 Å². The molecule has 1 amide bonds. The van der Waals surface area contributed by atoms with Gasteiger partial charge in [-0.25, -0.2) is 0 Å². The van der Waals surface area contributed by atoms with Crippen LogP contribution in [0.15, 0.2) is 34.7 Å². The predicted molar refractivity (Wildman–Crippen MR) is 78.4 cm³/mol. The molecule has 3 rings (SSSR count). The van der Waals surface area contributed by atoms with Gasteiger partial charge in [0.25, 0.3) is 0 Å². The number of likely N-dealkylation sites (N-methyl/N-ethyl adjacent to an activating group) is 1. The Balaban J connectivity index is 1.80. The Morgan fingerprint density at radius 3 is 2.95 bits per heavy atom. The fourth-order valence-electron chi connectivity index (χ4n) is 2.73. The van der Waals surface area contributed by atoms with Gasteiger partial charge in [0, 0.05) is 12.4 Å². The van der Waals surface area contributed by atoms with Crippen LogP contribution in [0.3, 0.4) is 0 Å². The maximum absolute atomic E-state index is 12.4. The number of rotatable bonds is 3. The van der Waals surface area contributed by atoms with Gasteiger partial charge in [-0.15, -0.1) is 0 Å². The number of carbonyl (C=O) groups is 1. The second-order valence-corrected chi connectivity index (χ2v) is 5.46. The lowest BCUT2D eigenvalue weighted by Crippen LogP contribution is -2.42. The van der Waals surface area contributed by atoms with Crippen molar-refractivity contribution in [2.45, 2.75) is 31.8 Å². The van der Waals surface area contributed by atoms with Crippen molar-refractivity contribution in [3.05, 3.63) is 36.1 Å². The summed E-state index contributed by atoms with van der Waals surface area (Å²) >= 11 is 0. The number of para-hydroxylation sites is 1. The van der Waals surface area contributed by atoms with Gasteiger partial charge in [-0.2, -0.15) is 0 Å². The maximum Gasteiger partial charge on any atom is 0.240 e. The van der Waals surface area contributed by atoms with E-state index in [-0.39, 0.29) is 18.0 Å². The van der Waals surface area contributed by atoms with E-state index in [1.165, 1.54) is 0 Å². The Hall–Kier alpha value is -1.81. The minimum absolute atomic E-state index is 0.0353. The van der Waals surface area contributed by atoms with Gasteiger partial charge in [0.15, 0.2) is 0 Å². The molecule has 0 spiro atoms. The Morgan fingerprint density at radius 2 is 2.25 bits per heavy atom. The third-order valence-corrected chi connectivity index (χ3v) is 4.14. The number of hydrogen-bond donors (Lipinski definition) is 1. The average molecular weight is 272 g/mol. The summed E-state index contributed by atoms with van der Waals surface area (Å²) in [6.07, 6.45) is 2.00. The SMILES string of the molecule is CC(c1cc2ccccc2o1)N(C)C(=O)[C@@H]1CCCN1. The third-order valence-electron chi connectivity index (χ3n) is 4.14. The third kappa shape index (κ3) is 2.31. The second-order valence-electron chi connectivity index (χ2n) is 5.46. The molecule has 4 heteroatoms. The molecule has 0 bridgehead atoms. The van der Waals surface area contributed by atoms with Crippen LogP contribution in [-0.4, -0.2) is 30.4 Å². The molecule has 2 aromatic rings. The van der Waals surface area contributed by atoms with Gasteiger partial charge in [-0.05, 0) is 38.4 Å². The molecule has 0 radical (unpaired) electrons. The lowest BCUT2D eigenvalue weighted by atomic mass is 10.1. The van der Waals surface area contributed by atoms with Crippen LogP contribution in [0, 0.1) is 0 Å². The quantitative estimate of drug-likeness (QED) is 0.934. The first-order chi connectivity index (χ1) is 9.66. The van der Waals surface area contributed by atoms with E-state index in [0.29, 0.717) is 0 Å². The molecule has 106 valence electrons. The number of nitrogens with one attached hydrogen (secondary N) is 1. The summed E-state index contributed by atoms with van der Waals surface area (Å²) < 4.78 is 5.85. The molecule has 2 atom stereocenters. The van der Waals surface area contributed by atoms with Gasteiger partial charge in [0.05, 0.1) is 12.1 Å². The Kier molecular flexibility index (Phi) is 3.49. The van der Waals surface area contributed by atoms with Gasteiger partial charge in [0.2, 0.25) is 5.91 Å². The molecule has 1 saturated heterocycles. The van der Waals surface area contributed by atoms with Gasteiger partial charge in [0.1, 0.15) is 11.3 Å². The van der Waals surface area contributed by atoms with Crippen molar-refractivity contribution in [2.24, 2.45) is 0 Å². The molecule has 1 aromatic heterocycles. The first-order valence-electron chi connectivity index (χ1n) is 7.15. The topological polar surface area (TPSA) is 45.5 Å². The Labute approximate surface area is 118 Å². The normalized spacial score (nSPS) is 20.2. The van der Waals surface area contributed by atoms with Gasteiger partial charge >= 0.3 is 0 Å². The molecule has 20 heavy (non-hydrogen) atoms. The number of benzene rings is 1. The molecule has 0 saturated carbocycles. The van der Waals surface area contributed by atoms with E-state index >= 15 is 0 Å². The standard InChI is InChI=1S/C16H20N2O2/c1-11(18(2)16(19)13-7-5-9-17-13)15-10-12-6-3-4-8-14(12)20-15/h3-4,6,8,10-11,13,17H,5,7,9H2,1-2H3/t11?,13-/m0/s1. The highest BCUT2D eigenvalue weighted by atomic mass is 16.3. The van der Waals surface area contributed by atoms with E-state index in [1.807, 2.05) is 44.3 Å². The molecule has 0 aliphatic carbocycles. The number of carbonyl (C=O) groups excluding carboxylic acids is 1. The summed E-state index contributed by atoms with van der Waals surface area (Å²) in [5, 5.41) is 4.33. The summed E-state index contributed by atoms with van der Waals surface area (Å²) in [5.41, 5.74) is 0.870. The first-order valence-corrected chi connectivity index (χ1v) is 7.15. The van der Waals surface area contributed by atoms with Crippen molar-refractivity contribution in [2.75, 3.05) is 13.6 Å². The van der Waals surface area contributed by atoms with Crippen molar-refractivity contribution >= 4 is 16.9 Å². The molecule has 1 N–H and O–H groups in total. The molecule has 4 nitrogen and oxygen atoms in total. The smallest absolute Gasteiger partial charge is 0.240 e. The average Bonchev–Trinajstić information content (AvgIpc) is 3.13. The first kappa shape index (κ1) is 13.2. The summed E-state index contributed by atoms with van der Waals surface area (Å²) in [5.74, 6) is 0.982. The lowest BCUT2D eigenvalue weighted by Gasteiger charge is -2.26. The second kappa shape index (κ2) is 5.29. The molecule has 1 aliphatic rings. The lowest BCUT2D eigenvalue weighted by molar-refractivity contribution is -0.134. The minimum atomic E-state index is -0.0581. The number of fused-ring (bicyclic) bond motifs is 1. The maximum atomic E-state index is 12.4. The zero-order valence-corrected chi connectivity index (χ0v) is 11.9. The van der Waals surface area contributed by atoms with Gasteiger partial charge < -0.3 is 14.6 Å². The van der Waals surface area contributed by atoms with Crippen molar-refractivity contribution in [1.82, 2.24) is 10.2 Å². The van der Waals surface area contributed by atoms with Crippen LogP contribution in [0.4, 0.5) is 0 Å². The fourth-order valence-corrected chi connectivity index (χ4v) is 2.73. The van der Waals surface area contributed by atoms with Crippen LogP contribution in [0.2, 0.25) is 0 Å². The largest absolute Gasteiger partial charge is 0.459 e. The van der Waals surface area contributed by atoms with Crippen molar-refractivity contribution in [3.8, 4) is 0 Å². The highest BCUT2D eigenvalue weighted by Gasteiger charge is 2.28. The summed E-state index contributed by atoms with van der Waals surface area (Å²) in [6, 6.07) is 9.85. The molecule has 1 fully saturated rings. The fraction of sp³-hybridized carbons (Fsp3) is 0.438. The summed E-state index contributed by atoms with van der Waals surface area (Å²) in [6.45, 7) is 2.94.